The molecule has 0 aromatic heterocycles. The number of hydrogen-bond acceptors (Lipinski definition) is 2. The number of rotatable bonds is 8. The van der Waals surface area contributed by atoms with Crippen molar-refractivity contribution in [2.75, 3.05) is 23.7 Å². The zero-order valence-electron chi connectivity index (χ0n) is 21.2. The van der Waals surface area contributed by atoms with Crippen LogP contribution in [0.5, 0.6) is 0 Å². The molecule has 3 aromatic carbocycles. The quantitative estimate of drug-likeness (QED) is 0.346. The van der Waals surface area contributed by atoms with Crippen molar-refractivity contribution in [3.05, 3.63) is 70.5 Å². The molecule has 2 N–H and O–H groups in total. The molecule has 34 heavy (non-hydrogen) atoms. The van der Waals surface area contributed by atoms with E-state index in [4.69, 9.17) is 0 Å². The van der Waals surface area contributed by atoms with Crippen molar-refractivity contribution in [2.45, 2.75) is 48.5 Å². The van der Waals surface area contributed by atoms with Gasteiger partial charge in [-0.2, -0.15) is 0 Å². The lowest BCUT2D eigenvalue weighted by Gasteiger charge is -2.20. The summed E-state index contributed by atoms with van der Waals surface area (Å²) in [6, 6.07) is 9.74. The molecule has 0 unspecified atom stereocenters. The van der Waals surface area contributed by atoms with E-state index in [2.05, 4.69) is 24.5 Å². The Morgan fingerprint density at radius 1 is 0.618 bits per heavy atom. The van der Waals surface area contributed by atoms with E-state index >= 15 is 4.39 Å². The summed E-state index contributed by atoms with van der Waals surface area (Å²) in [5.74, 6) is -0.435. The molecule has 0 aliphatic heterocycles. The van der Waals surface area contributed by atoms with Crippen LogP contribution in [0.1, 0.15) is 44.4 Å². The molecule has 0 aliphatic carbocycles. The first kappa shape index (κ1) is 25.7. The highest BCUT2D eigenvalue weighted by molar-refractivity contribution is 5.81. The van der Waals surface area contributed by atoms with Crippen LogP contribution in [0.25, 0.3) is 22.3 Å². The SMILES string of the molecule is Cc1c(C)c(-c2ccc(NCC(C)C)c(F)c2)c(F)c(C)c1-c1ccc(NCC(C)C)c(F)c1. The maximum absolute atomic E-state index is 15.7. The predicted molar refractivity (Wildman–Crippen MR) is 138 cm³/mol. The number of anilines is 2. The summed E-state index contributed by atoms with van der Waals surface area (Å²) in [5, 5.41) is 6.20. The summed E-state index contributed by atoms with van der Waals surface area (Å²) in [7, 11) is 0. The fourth-order valence-corrected chi connectivity index (χ4v) is 4.15. The third-order valence-electron chi connectivity index (χ3n) is 6.15. The largest absolute Gasteiger partial charge is 0.382 e. The third-order valence-corrected chi connectivity index (χ3v) is 6.15. The van der Waals surface area contributed by atoms with Gasteiger partial charge in [0, 0.05) is 18.7 Å². The molecule has 182 valence electrons. The van der Waals surface area contributed by atoms with Crippen LogP contribution in [-0.2, 0) is 0 Å². The first-order chi connectivity index (χ1) is 16.0. The smallest absolute Gasteiger partial charge is 0.146 e. The second-order valence-corrected chi connectivity index (χ2v) is 9.88. The van der Waals surface area contributed by atoms with Gasteiger partial charge in [0.05, 0.1) is 11.4 Å². The fraction of sp³-hybridized carbons (Fsp3) is 0.379. The molecule has 0 amide bonds. The second kappa shape index (κ2) is 10.5. The molecule has 2 nitrogen and oxygen atoms in total. The lowest BCUT2D eigenvalue weighted by molar-refractivity contribution is 0.617. The number of hydrogen-bond donors (Lipinski definition) is 2. The van der Waals surface area contributed by atoms with E-state index in [-0.39, 0.29) is 5.82 Å². The van der Waals surface area contributed by atoms with E-state index in [1.807, 2.05) is 33.8 Å². The molecule has 0 bridgehead atoms. The maximum atomic E-state index is 15.7. The molecule has 0 radical (unpaired) electrons. The molecule has 0 saturated carbocycles. The molecule has 0 aliphatic rings. The Morgan fingerprint density at radius 3 is 1.44 bits per heavy atom. The second-order valence-electron chi connectivity index (χ2n) is 9.88. The lowest BCUT2D eigenvalue weighted by atomic mass is 9.86. The lowest BCUT2D eigenvalue weighted by Crippen LogP contribution is -2.09. The number of halogens is 3. The minimum atomic E-state index is -0.414. The van der Waals surface area contributed by atoms with E-state index in [0.29, 0.717) is 69.7 Å². The molecular formula is C29H35F3N2. The number of nitrogens with one attached hydrogen (secondary N) is 2. The van der Waals surface area contributed by atoms with Crippen molar-refractivity contribution in [3.8, 4) is 22.3 Å². The van der Waals surface area contributed by atoms with Crippen LogP contribution in [0.4, 0.5) is 24.5 Å². The molecule has 0 spiro atoms. The van der Waals surface area contributed by atoms with Gasteiger partial charge in [-0.05, 0) is 90.3 Å². The van der Waals surface area contributed by atoms with Crippen molar-refractivity contribution < 1.29 is 13.2 Å². The first-order valence-corrected chi connectivity index (χ1v) is 11.9. The van der Waals surface area contributed by atoms with Gasteiger partial charge in [-0.3, -0.25) is 0 Å². The van der Waals surface area contributed by atoms with Crippen LogP contribution < -0.4 is 10.6 Å². The van der Waals surface area contributed by atoms with Gasteiger partial charge in [0.1, 0.15) is 17.5 Å². The number of benzene rings is 3. The van der Waals surface area contributed by atoms with Crippen molar-refractivity contribution in [2.24, 2.45) is 11.8 Å². The Bertz CT molecular complexity index is 1060. The monoisotopic (exact) mass is 468 g/mol. The van der Waals surface area contributed by atoms with Crippen molar-refractivity contribution >= 4 is 11.4 Å². The van der Waals surface area contributed by atoms with Gasteiger partial charge in [-0.15, -0.1) is 0 Å². The molecule has 0 atom stereocenters. The fourth-order valence-electron chi connectivity index (χ4n) is 4.15. The molecule has 3 rings (SSSR count). The highest BCUT2D eigenvalue weighted by atomic mass is 19.1. The average Bonchev–Trinajstić information content (AvgIpc) is 2.76. The zero-order valence-corrected chi connectivity index (χ0v) is 21.2. The molecular weight excluding hydrogens is 433 g/mol. The van der Waals surface area contributed by atoms with E-state index < -0.39 is 11.6 Å². The highest BCUT2D eigenvalue weighted by Crippen LogP contribution is 2.39. The molecule has 5 heteroatoms. The minimum Gasteiger partial charge on any atom is -0.382 e. The molecule has 0 saturated heterocycles. The van der Waals surface area contributed by atoms with E-state index in [9.17, 15) is 8.78 Å². The normalized spacial score (nSPS) is 11.4. The molecule has 0 fully saturated rings. The van der Waals surface area contributed by atoms with Crippen LogP contribution in [-0.4, -0.2) is 13.1 Å². The van der Waals surface area contributed by atoms with Crippen LogP contribution in [0.3, 0.4) is 0 Å². The summed E-state index contributed by atoms with van der Waals surface area (Å²) in [4.78, 5) is 0. The first-order valence-electron chi connectivity index (χ1n) is 11.9. The van der Waals surface area contributed by atoms with Gasteiger partial charge >= 0.3 is 0 Å². The van der Waals surface area contributed by atoms with Crippen LogP contribution in [0.15, 0.2) is 36.4 Å². The van der Waals surface area contributed by atoms with E-state index in [0.717, 1.165) is 5.56 Å². The Balaban J connectivity index is 2.03. The summed E-state index contributed by atoms with van der Waals surface area (Å²) < 4.78 is 45.2. The molecule has 0 heterocycles. The van der Waals surface area contributed by atoms with Gasteiger partial charge in [0.2, 0.25) is 0 Å². The van der Waals surface area contributed by atoms with Crippen LogP contribution >= 0.6 is 0 Å². The standard InChI is InChI=1S/C29H35F3N2/c1-16(2)14-33-25-10-8-21(12-23(25)30)27-18(5)19(6)28(29(32)20(27)7)22-9-11-26(24(31)13-22)34-15-17(3)4/h8-13,16-17,33-34H,14-15H2,1-7H3. The van der Waals surface area contributed by atoms with Gasteiger partial charge in [-0.25, -0.2) is 13.2 Å². The Morgan fingerprint density at radius 2 is 1.03 bits per heavy atom. The van der Waals surface area contributed by atoms with Crippen molar-refractivity contribution in [1.82, 2.24) is 0 Å². The zero-order chi connectivity index (χ0) is 25.2. The van der Waals surface area contributed by atoms with Crippen molar-refractivity contribution in [3.63, 3.8) is 0 Å². The van der Waals surface area contributed by atoms with Crippen LogP contribution in [0, 0.1) is 50.1 Å². The van der Waals surface area contributed by atoms with Crippen molar-refractivity contribution in [1.29, 1.82) is 0 Å². The molecule has 3 aromatic rings. The van der Waals surface area contributed by atoms with Gasteiger partial charge in [0.15, 0.2) is 0 Å². The summed E-state index contributed by atoms with van der Waals surface area (Å²) in [6.45, 7) is 14.9. The third kappa shape index (κ3) is 5.40. The summed E-state index contributed by atoms with van der Waals surface area (Å²) >= 11 is 0. The summed E-state index contributed by atoms with van der Waals surface area (Å²) in [6.07, 6.45) is 0. The minimum absolute atomic E-state index is 0.370. The summed E-state index contributed by atoms with van der Waals surface area (Å²) in [5.41, 5.74) is 4.97. The van der Waals surface area contributed by atoms with Gasteiger partial charge in [-0.1, -0.05) is 39.8 Å². The van der Waals surface area contributed by atoms with Gasteiger partial charge < -0.3 is 10.6 Å². The predicted octanol–water partition coefficient (Wildman–Crippen LogP) is 8.50. The van der Waals surface area contributed by atoms with Gasteiger partial charge in [0.25, 0.3) is 0 Å². The Kier molecular flexibility index (Phi) is 7.96. The topological polar surface area (TPSA) is 24.1 Å². The van der Waals surface area contributed by atoms with Crippen LogP contribution in [0.2, 0.25) is 0 Å². The Hall–Kier alpha value is -2.95. The highest BCUT2D eigenvalue weighted by Gasteiger charge is 2.21. The maximum Gasteiger partial charge on any atom is 0.146 e. The average molecular weight is 469 g/mol. The van der Waals surface area contributed by atoms with E-state index in [1.54, 1.807) is 25.1 Å². The van der Waals surface area contributed by atoms with E-state index in [1.165, 1.54) is 12.1 Å². The Labute approximate surface area is 201 Å².